The van der Waals surface area contributed by atoms with Crippen LogP contribution in [-0.4, -0.2) is 46.9 Å². The van der Waals surface area contributed by atoms with E-state index in [1.54, 1.807) is 37.4 Å². The first-order valence-corrected chi connectivity index (χ1v) is 8.02. The van der Waals surface area contributed by atoms with Crippen molar-refractivity contribution in [1.82, 2.24) is 5.32 Å². The Morgan fingerprint density at radius 2 is 2.00 bits per heavy atom. The summed E-state index contributed by atoms with van der Waals surface area (Å²) in [5.41, 5.74) is 5.61. The van der Waals surface area contributed by atoms with Crippen LogP contribution >= 0.6 is 24.0 Å². The summed E-state index contributed by atoms with van der Waals surface area (Å²) in [6.45, 7) is 1.49. The SMILES string of the molecule is COCCNC(N)=NCCCS(=O)(=O)c1ccccc1.I. The van der Waals surface area contributed by atoms with E-state index in [1.807, 2.05) is 0 Å². The molecule has 0 unspecified atom stereocenters. The van der Waals surface area contributed by atoms with Crippen molar-refractivity contribution in [2.45, 2.75) is 11.3 Å². The minimum absolute atomic E-state index is 0. The topological polar surface area (TPSA) is 93.8 Å². The summed E-state index contributed by atoms with van der Waals surface area (Å²) in [7, 11) is -1.63. The first-order valence-electron chi connectivity index (χ1n) is 6.37. The number of rotatable bonds is 8. The van der Waals surface area contributed by atoms with Crippen LogP contribution in [0.5, 0.6) is 0 Å². The molecule has 0 fully saturated rings. The van der Waals surface area contributed by atoms with Crippen molar-refractivity contribution >= 4 is 39.8 Å². The van der Waals surface area contributed by atoms with Gasteiger partial charge in [-0.2, -0.15) is 0 Å². The molecule has 0 saturated heterocycles. The van der Waals surface area contributed by atoms with Crippen LogP contribution in [0.2, 0.25) is 0 Å². The van der Waals surface area contributed by atoms with Crippen molar-refractivity contribution in [3.05, 3.63) is 30.3 Å². The smallest absolute Gasteiger partial charge is 0.188 e. The lowest BCUT2D eigenvalue weighted by atomic mass is 10.4. The van der Waals surface area contributed by atoms with Crippen LogP contribution in [-0.2, 0) is 14.6 Å². The molecule has 21 heavy (non-hydrogen) atoms. The fourth-order valence-electron chi connectivity index (χ4n) is 1.54. The van der Waals surface area contributed by atoms with Crippen LogP contribution in [0, 0.1) is 0 Å². The van der Waals surface area contributed by atoms with Crippen LogP contribution in [0.15, 0.2) is 40.2 Å². The Labute approximate surface area is 143 Å². The maximum Gasteiger partial charge on any atom is 0.188 e. The molecule has 8 heteroatoms. The molecule has 1 rings (SSSR count). The van der Waals surface area contributed by atoms with E-state index in [1.165, 1.54) is 0 Å². The summed E-state index contributed by atoms with van der Waals surface area (Å²) < 4.78 is 28.8. The largest absolute Gasteiger partial charge is 0.383 e. The number of nitrogens with two attached hydrogens (primary N) is 1. The number of halogens is 1. The van der Waals surface area contributed by atoms with Gasteiger partial charge in [-0.15, -0.1) is 24.0 Å². The molecule has 0 bridgehead atoms. The van der Waals surface area contributed by atoms with Gasteiger partial charge >= 0.3 is 0 Å². The third-order valence-electron chi connectivity index (χ3n) is 2.57. The molecule has 3 N–H and O–H groups in total. The molecule has 0 amide bonds. The molecular weight excluding hydrogens is 405 g/mol. The predicted octanol–water partition coefficient (Wildman–Crippen LogP) is 1.02. The summed E-state index contributed by atoms with van der Waals surface area (Å²) in [4.78, 5) is 4.40. The molecule has 0 saturated carbocycles. The number of nitrogens with one attached hydrogen (secondary N) is 1. The van der Waals surface area contributed by atoms with Crippen molar-refractivity contribution < 1.29 is 13.2 Å². The number of hydrogen-bond donors (Lipinski definition) is 2. The van der Waals surface area contributed by atoms with Gasteiger partial charge in [0.1, 0.15) is 0 Å². The maximum atomic E-state index is 12.0. The van der Waals surface area contributed by atoms with Crippen molar-refractivity contribution in [1.29, 1.82) is 0 Å². The van der Waals surface area contributed by atoms with Gasteiger partial charge < -0.3 is 15.8 Å². The molecule has 0 aliphatic carbocycles. The lowest BCUT2D eigenvalue weighted by Crippen LogP contribution is -2.34. The summed E-state index contributed by atoms with van der Waals surface area (Å²) in [5, 5.41) is 2.87. The highest BCUT2D eigenvalue weighted by Crippen LogP contribution is 2.10. The number of hydrogen-bond acceptors (Lipinski definition) is 4. The third-order valence-corrected chi connectivity index (χ3v) is 4.38. The van der Waals surface area contributed by atoms with Gasteiger partial charge in [-0.3, -0.25) is 4.99 Å². The average molecular weight is 427 g/mol. The summed E-state index contributed by atoms with van der Waals surface area (Å²) >= 11 is 0. The molecule has 0 spiro atoms. The fourth-order valence-corrected chi connectivity index (χ4v) is 2.85. The van der Waals surface area contributed by atoms with E-state index in [0.29, 0.717) is 37.0 Å². The third kappa shape index (κ3) is 8.22. The average Bonchev–Trinajstić information content (AvgIpc) is 2.45. The summed E-state index contributed by atoms with van der Waals surface area (Å²) in [6.07, 6.45) is 0.434. The van der Waals surface area contributed by atoms with Crippen LogP contribution in [0.1, 0.15) is 6.42 Å². The van der Waals surface area contributed by atoms with Crippen LogP contribution < -0.4 is 11.1 Å². The second kappa shape index (κ2) is 10.8. The van der Waals surface area contributed by atoms with Crippen molar-refractivity contribution in [2.24, 2.45) is 10.7 Å². The van der Waals surface area contributed by atoms with E-state index in [9.17, 15) is 8.42 Å². The van der Waals surface area contributed by atoms with Gasteiger partial charge in [0.15, 0.2) is 15.8 Å². The van der Waals surface area contributed by atoms with E-state index in [0.717, 1.165) is 0 Å². The number of ether oxygens (including phenoxy) is 1. The summed E-state index contributed by atoms with van der Waals surface area (Å²) in [6, 6.07) is 8.40. The molecule has 120 valence electrons. The molecule has 0 aliphatic rings. The zero-order chi connectivity index (χ0) is 14.8. The highest BCUT2D eigenvalue weighted by atomic mass is 127. The van der Waals surface area contributed by atoms with Gasteiger partial charge in [0, 0.05) is 20.2 Å². The first kappa shape index (κ1) is 20.1. The first-order chi connectivity index (χ1) is 9.56. The van der Waals surface area contributed by atoms with Gasteiger partial charge in [0.2, 0.25) is 0 Å². The molecule has 0 atom stereocenters. The van der Waals surface area contributed by atoms with E-state index >= 15 is 0 Å². The number of sulfone groups is 1. The van der Waals surface area contributed by atoms with Crippen LogP contribution in [0.25, 0.3) is 0 Å². The Bertz CT molecular complexity index is 521. The monoisotopic (exact) mass is 427 g/mol. The zero-order valence-corrected chi connectivity index (χ0v) is 15.1. The van der Waals surface area contributed by atoms with E-state index < -0.39 is 9.84 Å². The fraction of sp³-hybridized carbons (Fsp3) is 0.462. The molecule has 0 aromatic heterocycles. The normalized spacial score (nSPS) is 11.8. The van der Waals surface area contributed by atoms with Gasteiger partial charge in [-0.05, 0) is 18.6 Å². The van der Waals surface area contributed by atoms with Gasteiger partial charge in [0.25, 0.3) is 0 Å². The number of benzene rings is 1. The quantitative estimate of drug-likeness (QED) is 0.280. The molecular formula is C13H22IN3O3S. The van der Waals surface area contributed by atoms with Gasteiger partial charge in [-0.25, -0.2) is 8.42 Å². The number of aliphatic imine (C=N–C) groups is 1. The standard InChI is InChI=1S/C13H21N3O3S.HI/c1-19-10-9-16-13(14)15-8-5-11-20(17,18)12-6-3-2-4-7-12;/h2-4,6-7H,5,8-11H2,1H3,(H3,14,15,16);1H. The minimum atomic E-state index is -3.23. The van der Waals surface area contributed by atoms with E-state index in [2.05, 4.69) is 10.3 Å². The number of guanidine groups is 1. The molecule has 1 aromatic carbocycles. The lowest BCUT2D eigenvalue weighted by Gasteiger charge is -2.05. The van der Waals surface area contributed by atoms with Crippen molar-refractivity contribution in [3.8, 4) is 0 Å². The summed E-state index contributed by atoms with van der Waals surface area (Å²) in [5.74, 6) is 0.366. The van der Waals surface area contributed by atoms with Crippen LogP contribution in [0.3, 0.4) is 0 Å². The molecule has 0 aliphatic heterocycles. The Hall–Kier alpha value is -0.870. The number of methoxy groups -OCH3 is 1. The highest BCUT2D eigenvalue weighted by molar-refractivity contribution is 14.0. The maximum absolute atomic E-state index is 12.0. The van der Waals surface area contributed by atoms with Crippen molar-refractivity contribution in [3.63, 3.8) is 0 Å². The van der Waals surface area contributed by atoms with Crippen LogP contribution in [0.4, 0.5) is 0 Å². The molecule has 1 aromatic rings. The Morgan fingerprint density at radius 1 is 1.33 bits per heavy atom. The lowest BCUT2D eigenvalue weighted by molar-refractivity contribution is 0.204. The Morgan fingerprint density at radius 3 is 2.62 bits per heavy atom. The second-order valence-electron chi connectivity index (χ2n) is 4.17. The Kier molecular flexibility index (Phi) is 10.4. The molecule has 0 radical (unpaired) electrons. The minimum Gasteiger partial charge on any atom is -0.383 e. The highest BCUT2D eigenvalue weighted by Gasteiger charge is 2.12. The predicted molar refractivity (Wildman–Crippen MR) is 94.9 cm³/mol. The van der Waals surface area contributed by atoms with E-state index in [-0.39, 0.29) is 29.7 Å². The van der Waals surface area contributed by atoms with Crippen molar-refractivity contribution in [2.75, 3.05) is 32.6 Å². The van der Waals surface area contributed by atoms with E-state index in [4.69, 9.17) is 10.5 Å². The zero-order valence-electron chi connectivity index (χ0n) is 12.0. The number of nitrogens with zero attached hydrogens (tertiary/aromatic N) is 1. The van der Waals surface area contributed by atoms with Gasteiger partial charge in [0.05, 0.1) is 17.3 Å². The molecule has 6 nitrogen and oxygen atoms in total. The molecule has 0 heterocycles. The second-order valence-corrected chi connectivity index (χ2v) is 6.28. The van der Waals surface area contributed by atoms with Gasteiger partial charge in [-0.1, -0.05) is 18.2 Å². The Balaban J connectivity index is 0.00000400.